The number of rotatable bonds is 2. The van der Waals surface area contributed by atoms with Gasteiger partial charge < -0.3 is 5.32 Å². The van der Waals surface area contributed by atoms with E-state index in [1.165, 1.54) is 12.1 Å². The molecule has 10 heteroatoms. The predicted molar refractivity (Wildman–Crippen MR) is 124 cm³/mol. The lowest BCUT2D eigenvalue weighted by molar-refractivity contribution is -0.384. The summed E-state index contributed by atoms with van der Waals surface area (Å²) in [6.45, 7) is 4.52. The smallest absolute Gasteiger partial charge is 0.271 e. The van der Waals surface area contributed by atoms with Gasteiger partial charge in [0.25, 0.3) is 5.69 Å². The molecule has 4 aliphatic rings. The van der Waals surface area contributed by atoms with Gasteiger partial charge in [0, 0.05) is 29.4 Å². The monoisotopic (exact) mass is 480 g/mol. The molecule has 0 saturated carbocycles. The summed E-state index contributed by atoms with van der Waals surface area (Å²) in [5, 5.41) is 14.1. The number of carbonyl (C=O) groups is 3. The van der Waals surface area contributed by atoms with E-state index in [2.05, 4.69) is 10.2 Å². The van der Waals surface area contributed by atoms with Gasteiger partial charge in [0.15, 0.2) is 0 Å². The van der Waals surface area contributed by atoms with Crippen LogP contribution < -0.4 is 10.2 Å². The molecule has 0 aromatic heterocycles. The SMILES string of the molecule is Cc1ccc2c(c1C)NC(=O)[C@@]21[C@@H]2C(=O)N(c3ccc([N+](=O)[O-])cc3Cl)C(=O)[C@H]2[C@H]2CCCN21. The van der Waals surface area contributed by atoms with Crippen LogP contribution in [0.25, 0.3) is 0 Å². The number of nitrogens with one attached hydrogen (secondary N) is 1. The van der Waals surface area contributed by atoms with E-state index in [0.29, 0.717) is 18.7 Å². The third kappa shape index (κ3) is 2.35. The van der Waals surface area contributed by atoms with E-state index < -0.39 is 34.1 Å². The number of non-ortho nitro benzene ring substituents is 1. The number of aryl methyl sites for hydroxylation is 1. The van der Waals surface area contributed by atoms with Gasteiger partial charge in [-0.1, -0.05) is 23.7 Å². The summed E-state index contributed by atoms with van der Waals surface area (Å²) in [6, 6.07) is 7.27. The molecule has 3 fully saturated rings. The summed E-state index contributed by atoms with van der Waals surface area (Å²) < 4.78 is 0. The Balaban J connectivity index is 1.54. The summed E-state index contributed by atoms with van der Waals surface area (Å²) in [6.07, 6.45) is 1.53. The van der Waals surface area contributed by atoms with Crippen LogP contribution in [0.4, 0.5) is 17.1 Å². The lowest BCUT2D eigenvalue weighted by Crippen LogP contribution is -2.54. The Morgan fingerprint density at radius 3 is 2.62 bits per heavy atom. The Hall–Kier alpha value is -3.30. The van der Waals surface area contributed by atoms with Crippen molar-refractivity contribution in [2.45, 2.75) is 38.3 Å². The summed E-state index contributed by atoms with van der Waals surface area (Å²) >= 11 is 6.31. The number of fused-ring (bicyclic) bond motifs is 7. The number of carbonyl (C=O) groups excluding carboxylic acids is 3. The fourth-order valence-electron chi connectivity index (χ4n) is 6.55. The molecule has 2 aromatic rings. The Kier molecular flexibility index (Phi) is 4.29. The van der Waals surface area contributed by atoms with Gasteiger partial charge in [-0.3, -0.25) is 29.4 Å². The minimum atomic E-state index is -1.27. The zero-order valence-corrected chi connectivity index (χ0v) is 19.3. The number of hydrogen-bond acceptors (Lipinski definition) is 6. The number of nitrogens with zero attached hydrogens (tertiary/aromatic N) is 3. The highest BCUT2D eigenvalue weighted by atomic mass is 35.5. The fourth-order valence-corrected chi connectivity index (χ4v) is 6.81. The molecule has 2 aromatic carbocycles. The molecule has 0 aliphatic carbocycles. The Morgan fingerprint density at radius 2 is 1.91 bits per heavy atom. The molecule has 174 valence electrons. The molecule has 1 spiro atoms. The highest BCUT2D eigenvalue weighted by molar-refractivity contribution is 6.36. The minimum Gasteiger partial charge on any atom is -0.324 e. The first-order valence-electron chi connectivity index (χ1n) is 11.2. The van der Waals surface area contributed by atoms with Gasteiger partial charge in [-0.15, -0.1) is 0 Å². The van der Waals surface area contributed by atoms with Crippen molar-refractivity contribution < 1.29 is 19.3 Å². The van der Waals surface area contributed by atoms with E-state index in [1.54, 1.807) is 0 Å². The molecule has 4 atom stereocenters. The van der Waals surface area contributed by atoms with Crippen LogP contribution >= 0.6 is 11.6 Å². The number of halogens is 1. The molecule has 0 bridgehead atoms. The average Bonchev–Trinajstić information content (AvgIpc) is 3.50. The number of nitro benzene ring substituents is 1. The van der Waals surface area contributed by atoms with E-state index >= 15 is 0 Å². The summed E-state index contributed by atoms with van der Waals surface area (Å²) in [5.41, 5.74) is 2.01. The lowest BCUT2D eigenvalue weighted by Gasteiger charge is -2.36. The summed E-state index contributed by atoms with van der Waals surface area (Å²) in [4.78, 5) is 55.1. The van der Waals surface area contributed by atoms with Crippen LogP contribution in [0.3, 0.4) is 0 Å². The number of nitro groups is 1. The maximum absolute atomic E-state index is 14.0. The molecule has 0 radical (unpaired) electrons. The number of anilines is 2. The second kappa shape index (κ2) is 6.86. The first kappa shape index (κ1) is 21.2. The quantitative estimate of drug-likeness (QED) is 0.401. The molecule has 6 rings (SSSR count). The highest BCUT2D eigenvalue weighted by Crippen LogP contribution is 2.61. The van der Waals surface area contributed by atoms with Gasteiger partial charge in [-0.05, 0) is 50.4 Å². The second-order valence-electron chi connectivity index (χ2n) is 9.46. The van der Waals surface area contributed by atoms with Crippen molar-refractivity contribution in [2.24, 2.45) is 11.8 Å². The van der Waals surface area contributed by atoms with Crippen molar-refractivity contribution in [3.8, 4) is 0 Å². The van der Waals surface area contributed by atoms with E-state index in [-0.39, 0.29) is 28.3 Å². The molecule has 34 heavy (non-hydrogen) atoms. The van der Waals surface area contributed by atoms with E-state index in [0.717, 1.165) is 34.1 Å². The zero-order valence-electron chi connectivity index (χ0n) is 18.5. The van der Waals surface area contributed by atoms with Crippen LogP contribution in [0.2, 0.25) is 5.02 Å². The molecule has 0 unspecified atom stereocenters. The third-order valence-electron chi connectivity index (χ3n) is 8.08. The highest BCUT2D eigenvalue weighted by Gasteiger charge is 2.74. The molecule has 4 aliphatic heterocycles. The fraction of sp³-hybridized carbons (Fsp3) is 0.375. The first-order chi connectivity index (χ1) is 16.2. The number of imide groups is 1. The summed E-state index contributed by atoms with van der Waals surface area (Å²) in [7, 11) is 0. The van der Waals surface area contributed by atoms with Gasteiger partial charge in [0.05, 0.1) is 27.5 Å². The van der Waals surface area contributed by atoms with Gasteiger partial charge >= 0.3 is 0 Å². The molecule has 4 heterocycles. The Morgan fingerprint density at radius 1 is 1.15 bits per heavy atom. The average molecular weight is 481 g/mol. The van der Waals surface area contributed by atoms with Crippen molar-refractivity contribution in [3.63, 3.8) is 0 Å². The lowest BCUT2D eigenvalue weighted by atomic mass is 9.75. The van der Waals surface area contributed by atoms with E-state index in [4.69, 9.17) is 11.6 Å². The second-order valence-corrected chi connectivity index (χ2v) is 9.87. The maximum atomic E-state index is 14.0. The number of hydrogen-bond donors (Lipinski definition) is 1. The van der Waals surface area contributed by atoms with Crippen molar-refractivity contribution in [1.29, 1.82) is 0 Å². The van der Waals surface area contributed by atoms with Crippen molar-refractivity contribution in [1.82, 2.24) is 4.90 Å². The molecule has 3 amide bonds. The Labute approximate surface area is 199 Å². The van der Waals surface area contributed by atoms with Crippen molar-refractivity contribution in [2.75, 3.05) is 16.8 Å². The van der Waals surface area contributed by atoms with Gasteiger partial charge in [0.1, 0.15) is 5.54 Å². The van der Waals surface area contributed by atoms with E-state index in [9.17, 15) is 24.5 Å². The molecule has 1 N–H and O–H groups in total. The maximum Gasteiger partial charge on any atom is 0.271 e. The molecular formula is C24H21ClN4O5. The van der Waals surface area contributed by atoms with Crippen LogP contribution in [-0.4, -0.2) is 40.1 Å². The Bertz CT molecular complexity index is 1340. The van der Waals surface area contributed by atoms with Crippen LogP contribution in [0, 0.1) is 35.8 Å². The normalized spacial score (nSPS) is 29.6. The van der Waals surface area contributed by atoms with E-state index in [1.807, 2.05) is 26.0 Å². The van der Waals surface area contributed by atoms with Gasteiger partial charge in [-0.2, -0.15) is 0 Å². The standard InChI is InChI=1S/C24H21ClN4O5/c1-11-5-7-14-20(12(11)2)26-23(32)24(14)19-18(17-4-3-9-27(17)24)21(30)28(22(19)31)16-8-6-13(29(33)34)10-15(16)25/h5-8,10,17-19H,3-4,9H2,1-2H3,(H,26,32)/t17-,18+,19+,24+/m1/s1. The number of amides is 3. The topological polar surface area (TPSA) is 113 Å². The van der Waals surface area contributed by atoms with Crippen LogP contribution in [0.1, 0.15) is 29.5 Å². The van der Waals surface area contributed by atoms with Crippen molar-refractivity contribution >= 4 is 46.4 Å². The third-order valence-corrected chi connectivity index (χ3v) is 8.38. The zero-order chi connectivity index (χ0) is 24.1. The molecule has 3 saturated heterocycles. The molecule has 9 nitrogen and oxygen atoms in total. The summed E-state index contributed by atoms with van der Waals surface area (Å²) in [5.74, 6) is -2.79. The predicted octanol–water partition coefficient (Wildman–Crippen LogP) is 3.30. The van der Waals surface area contributed by atoms with Gasteiger partial charge in [0.2, 0.25) is 17.7 Å². The van der Waals surface area contributed by atoms with Crippen molar-refractivity contribution in [3.05, 3.63) is 62.2 Å². The largest absolute Gasteiger partial charge is 0.324 e. The minimum absolute atomic E-state index is 0.0593. The van der Waals surface area contributed by atoms with Gasteiger partial charge in [-0.25, -0.2) is 4.90 Å². The van der Waals surface area contributed by atoms with Crippen LogP contribution in [-0.2, 0) is 19.9 Å². The first-order valence-corrected chi connectivity index (χ1v) is 11.6. The number of benzene rings is 2. The van der Waals surface area contributed by atoms with Crippen LogP contribution in [0.15, 0.2) is 30.3 Å². The van der Waals surface area contributed by atoms with Crippen LogP contribution in [0.5, 0.6) is 0 Å². The molecular weight excluding hydrogens is 460 g/mol.